The summed E-state index contributed by atoms with van der Waals surface area (Å²) in [5.74, 6) is -1.63. The normalized spacial score (nSPS) is 12.3. The second kappa shape index (κ2) is 11.1. The molecule has 0 spiro atoms. The molecular weight excluding hydrogens is 500 g/mol. The van der Waals surface area contributed by atoms with Crippen molar-refractivity contribution >= 4 is 45.8 Å². The number of nitrogens with zero attached hydrogens (tertiary/aromatic N) is 2. The molecule has 4 rings (SSSR count). The molecule has 198 valence electrons. The molecule has 1 unspecified atom stereocenters. The fourth-order valence-corrected chi connectivity index (χ4v) is 5.02. The number of para-hydroxylation sites is 1. The van der Waals surface area contributed by atoms with Crippen molar-refractivity contribution in [3.05, 3.63) is 82.5 Å². The number of nitrogens with two attached hydrogens (primary N) is 2. The third kappa shape index (κ3) is 5.55. The summed E-state index contributed by atoms with van der Waals surface area (Å²) in [5, 5.41) is 3.95. The van der Waals surface area contributed by atoms with Crippen LogP contribution >= 0.6 is 11.5 Å². The number of primary amides is 1. The summed E-state index contributed by atoms with van der Waals surface area (Å²) in [6, 6.07) is 16.4. The number of aromatic nitrogens is 2. The molecule has 0 fully saturated rings. The molecule has 10 heteroatoms. The van der Waals surface area contributed by atoms with Gasteiger partial charge in [-0.15, -0.1) is 0 Å². The van der Waals surface area contributed by atoms with Gasteiger partial charge in [0.15, 0.2) is 5.69 Å². The molecule has 0 aliphatic rings. The van der Waals surface area contributed by atoms with Gasteiger partial charge in [0.2, 0.25) is 5.91 Å². The zero-order valence-electron chi connectivity index (χ0n) is 21.7. The monoisotopic (exact) mass is 532 g/mol. The van der Waals surface area contributed by atoms with Crippen LogP contribution < -0.4 is 16.8 Å². The highest BCUT2D eigenvalue weighted by Crippen LogP contribution is 2.33. The first kappa shape index (κ1) is 26.9. The zero-order valence-corrected chi connectivity index (χ0v) is 22.5. The molecule has 2 aromatic heterocycles. The quantitative estimate of drug-likeness (QED) is 0.243. The van der Waals surface area contributed by atoms with Crippen molar-refractivity contribution in [2.45, 2.75) is 45.2 Å². The molecule has 0 saturated carbocycles. The summed E-state index contributed by atoms with van der Waals surface area (Å²) in [5.41, 5.74) is 13.3. The zero-order chi connectivity index (χ0) is 27.4. The minimum atomic E-state index is -0.980. The average molecular weight is 533 g/mol. The highest BCUT2D eigenvalue weighted by atomic mass is 32.1. The lowest BCUT2D eigenvalue weighted by Gasteiger charge is -2.34. The van der Waals surface area contributed by atoms with E-state index in [1.165, 1.54) is 4.90 Å². The van der Waals surface area contributed by atoms with Crippen LogP contribution in [0.15, 0.2) is 60.8 Å². The third-order valence-electron chi connectivity index (χ3n) is 6.72. The SMILES string of the molecule is CCC(C)(C)NC(=O)C(c1c[nH]c2ccccc12)N(CCc1ccccc1)C(=O)c1snc(C(N)=O)c1N. The number of fused-ring (bicyclic) bond motifs is 1. The summed E-state index contributed by atoms with van der Waals surface area (Å²) < 4.78 is 4.01. The second-order valence-corrected chi connectivity index (χ2v) is 10.6. The lowest BCUT2D eigenvalue weighted by molar-refractivity contribution is -0.127. The number of aromatic amines is 1. The lowest BCUT2D eigenvalue weighted by atomic mass is 9.97. The number of anilines is 1. The number of rotatable bonds is 10. The minimum absolute atomic E-state index is 0.0688. The van der Waals surface area contributed by atoms with Crippen LogP contribution in [0, 0.1) is 0 Å². The van der Waals surface area contributed by atoms with Crippen molar-refractivity contribution in [2.75, 3.05) is 12.3 Å². The Balaban J connectivity index is 1.84. The molecule has 0 aliphatic heterocycles. The summed E-state index contributed by atoms with van der Waals surface area (Å²) in [6.07, 6.45) is 2.96. The van der Waals surface area contributed by atoms with E-state index in [1.54, 1.807) is 6.20 Å². The van der Waals surface area contributed by atoms with Crippen LogP contribution in [0.4, 0.5) is 5.69 Å². The Morgan fingerprint density at radius 3 is 2.45 bits per heavy atom. The molecular formula is C28H32N6O3S. The van der Waals surface area contributed by atoms with Gasteiger partial charge in [-0.3, -0.25) is 14.4 Å². The number of amides is 3. The van der Waals surface area contributed by atoms with E-state index in [0.29, 0.717) is 18.4 Å². The number of carbonyl (C=O) groups excluding carboxylic acids is 3. The van der Waals surface area contributed by atoms with Gasteiger partial charge in [-0.05, 0) is 49.9 Å². The number of hydrogen-bond acceptors (Lipinski definition) is 6. The van der Waals surface area contributed by atoms with Crippen LogP contribution in [0.3, 0.4) is 0 Å². The van der Waals surface area contributed by atoms with Crippen LogP contribution in [-0.2, 0) is 11.2 Å². The van der Waals surface area contributed by atoms with Crippen LogP contribution in [0.5, 0.6) is 0 Å². The number of carbonyl (C=O) groups is 3. The highest BCUT2D eigenvalue weighted by molar-refractivity contribution is 7.09. The van der Waals surface area contributed by atoms with Crippen LogP contribution in [0.1, 0.15) is 64.5 Å². The first-order chi connectivity index (χ1) is 18.1. The largest absolute Gasteiger partial charge is 0.395 e. The molecule has 9 nitrogen and oxygen atoms in total. The summed E-state index contributed by atoms with van der Waals surface area (Å²) in [7, 11) is 0. The van der Waals surface area contributed by atoms with Crippen LogP contribution in [0.25, 0.3) is 10.9 Å². The van der Waals surface area contributed by atoms with Gasteiger partial charge in [0.25, 0.3) is 11.8 Å². The maximum absolute atomic E-state index is 14.1. The number of hydrogen-bond donors (Lipinski definition) is 4. The average Bonchev–Trinajstić information content (AvgIpc) is 3.50. The molecule has 2 heterocycles. The Kier molecular flexibility index (Phi) is 7.82. The van der Waals surface area contributed by atoms with E-state index in [9.17, 15) is 14.4 Å². The molecule has 2 aromatic carbocycles. The van der Waals surface area contributed by atoms with E-state index >= 15 is 0 Å². The van der Waals surface area contributed by atoms with Gasteiger partial charge in [0.1, 0.15) is 10.9 Å². The maximum atomic E-state index is 14.1. The summed E-state index contributed by atoms with van der Waals surface area (Å²) in [4.78, 5) is 44.7. The van der Waals surface area contributed by atoms with Gasteiger partial charge in [0.05, 0.1) is 5.69 Å². The van der Waals surface area contributed by atoms with Crippen molar-refractivity contribution in [1.29, 1.82) is 0 Å². The van der Waals surface area contributed by atoms with E-state index < -0.39 is 23.4 Å². The van der Waals surface area contributed by atoms with Crippen molar-refractivity contribution in [3.8, 4) is 0 Å². The second-order valence-electron chi connectivity index (χ2n) is 9.79. The number of H-pyrrole nitrogens is 1. The van der Waals surface area contributed by atoms with Crippen LogP contribution in [-0.4, -0.2) is 44.1 Å². The Morgan fingerprint density at radius 1 is 1.11 bits per heavy atom. The topological polar surface area (TPSA) is 147 Å². The third-order valence-corrected chi connectivity index (χ3v) is 7.57. The maximum Gasteiger partial charge on any atom is 0.270 e. The van der Waals surface area contributed by atoms with Gasteiger partial charge >= 0.3 is 0 Å². The number of benzene rings is 2. The van der Waals surface area contributed by atoms with E-state index in [0.717, 1.165) is 28.0 Å². The van der Waals surface area contributed by atoms with Gasteiger partial charge in [0, 0.05) is 34.7 Å². The fraction of sp³-hybridized carbons (Fsp3) is 0.286. The Labute approximate surface area is 225 Å². The van der Waals surface area contributed by atoms with Crippen molar-refractivity contribution < 1.29 is 14.4 Å². The lowest BCUT2D eigenvalue weighted by Crippen LogP contribution is -2.50. The first-order valence-electron chi connectivity index (χ1n) is 12.4. The van der Waals surface area contributed by atoms with Crippen molar-refractivity contribution in [2.24, 2.45) is 5.73 Å². The summed E-state index contributed by atoms with van der Waals surface area (Å²) in [6.45, 7) is 6.08. The van der Waals surface area contributed by atoms with Crippen molar-refractivity contribution in [3.63, 3.8) is 0 Å². The fourth-order valence-electron chi connectivity index (χ4n) is 4.26. The number of nitrogens with one attached hydrogen (secondary N) is 2. The van der Waals surface area contributed by atoms with Gasteiger partial charge in [-0.1, -0.05) is 55.5 Å². The Hall–Kier alpha value is -4.18. The van der Waals surface area contributed by atoms with Gasteiger partial charge < -0.3 is 26.7 Å². The van der Waals surface area contributed by atoms with E-state index in [-0.39, 0.29) is 28.7 Å². The molecule has 3 amide bonds. The molecule has 0 radical (unpaired) electrons. The van der Waals surface area contributed by atoms with Gasteiger partial charge in [-0.25, -0.2) is 0 Å². The highest BCUT2D eigenvalue weighted by Gasteiger charge is 2.37. The van der Waals surface area contributed by atoms with E-state index in [4.69, 9.17) is 11.5 Å². The standard InChI is InChI=1S/C28H32N6O3S/c1-4-28(2,3)32-26(36)23(19-16-31-20-13-9-8-12-18(19)20)34(15-14-17-10-6-5-7-11-17)27(37)24-21(29)22(25(30)35)33-38-24/h5-13,16,23,31H,4,14-15,29H2,1-3H3,(H2,30,35)(H,32,36). The van der Waals surface area contributed by atoms with E-state index in [1.807, 2.05) is 75.4 Å². The molecule has 38 heavy (non-hydrogen) atoms. The molecule has 0 aliphatic carbocycles. The van der Waals surface area contributed by atoms with E-state index in [2.05, 4.69) is 14.7 Å². The predicted octanol–water partition coefficient (Wildman–Crippen LogP) is 4.04. The molecule has 4 aromatic rings. The minimum Gasteiger partial charge on any atom is -0.395 e. The Morgan fingerprint density at radius 2 is 1.79 bits per heavy atom. The number of nitrogen functional groups attached to an aromatic ring is 1. The summed E-state index contributed by atoms with van der Waals surface area (Å²) >= 11 is 0.804. The molecule has 0 saturated heterocycles. The Bertz CT molecular complexity index is 1460. The molecule has 6 N–H and O–H groups in total. The van der Waals surface area contributed by atoms with Gasteiger partial charge in [-0.2, -0.15) is 4.37 Å². The predicted molar refractivity (Wildman–Crippen MR) is 150 cm³/mol. The molecule has 1 atom stereocenters. The smallest absolute Gasteiger partial charge is 0.270 e. The first-order valence-corrected chi connectivity index (χ1v) is 13.2. The van der Waals surface area contributed by atoms with Crippen molar-refractivity contribution in [1.82, 2.24) is 19.6 Å². The molecule has 0 bridgehead atoms. The van der Waals surface area contributed by atoms with Crippen LogP contribution in [0.2, 0.25) is 0 Å².